The Kier molecular flexibility index (Phi) is 4.97. The van der Waals surface area contributed by atoms with Crippen LogP contribution in [0.1, 0.15) is 57.7 Å². The highest BCUT2D eigenvalue weighted by Gasteiger charge is 2.25. The van der Waals surface area contributed by atoms with Gasteiger partial charge in [-0.25, -0.2) is 9.97 Å². The van der Waals surface area contributed by atoms with E-state index in [4.69, 9.17) is 5.73 Å². The summed E-state index contributed by atoms with van der Waals surface area (Å²) in [6.07, 6.45) is 8.63. The highest BCUT2D eigenvalue weighted by atomic mass is 15.1. The molecule has 3 N–H and O–H groups in total. The summed E-state index contributed by atoms with van der Waals surface area (Å²) in [6, 6.07) is 0.342. The van der Waals surface area contributed by atoms with Crippen molar-refractivity contribution in [1.29, 1.82) is 0 Å². The molecule has 0 radical (unpaired) electrons. The topological polar surface area (TPSA) is 63.8 Å². The molecule has 0 saturated heterocycles. The normalized spacial score (nSPS) is 17.2. The first-order valence-corrected chi connectivity index (χ1v) is 7.81. The summed E-state index contributed by atoms with van der Waals surface area (Å²) in [4.78, 5) is 8.99. The van der Waals surface area contributed by atoms with E-state index in [1.165, 1.54) is 30.5 Å². The second-order valence-electron chi connectivity index (χ2n) is 6.85. The van der Waals surface area contributed by atoms with Crippen molar-refractivity contribution in [3.8, 4) is 0 Å². The molecule has 0 bridgehead atoms. The average Bonchev–Trinajstić information content (AvgIpc) is 2.63. The van der Waals surface area contributed by atoms with Crippen molar-refractivity contribution in [3.63, 3.8) is 0 Å². The van der Waals surface area contributed by atoms with Gasteiger partial charge in [0.05, 0.1) is 0 Å². The molecule has 0 fully saturated rings. The molecule has 1 heterocycles. The number of aryl methyl sites for hydroxylation is 1. The number of nitrogens with zero attached hydrogens (tertiary/aromatic N) is 2. The molecule has 112 valence electrons. The Balaban J connectivity index is 2.24. The molecule has 20 heavy (non-hydrogen) atoms. The zero-order valence-electron chi connectivity index (χ0n) is 13.1. The molecule has 1 unspecified atom stereocenters. The van der Waals surface area contributed by atoms with Crippen LogP contribution in [0.25, 0.3) is 0 Å². The molecule has 1 aliphatic carbocycles. The molecular weight excluding hydrogens is 248 g/mol. The van der Waals surface area contributed by atoms with E-state index in [-0.39, 0.29) is 5.41 Å². The SMILES string of the molecule is CC(C)(C)C(CCN)Nc1ncnc2c1CCCCC2. The first-order valence-electron chi connectivity index (χ1n) is 7.81. The first-order chi connectivity index (χ1) is 9.52. The van der Waals surface area contributed by atoms with Crippen molar-refractivity contribution in [1.82, 2.24) is 9.97 Å². The molecule has 2 rings (SSSR count). The Morgan fingerprint density at radius 2 is 1.95 bits per heavy atom. The molecule has 4 heteroatoms. The van der Waals surface area contributed by atoms with E-state index >= 15 is 0 Å². The van der Waals surface area contributed by atoms with Crippen LogP contribution in [0.2, 0.25) is 0 Å². The van der Waals surface area contributed by atoms with Crippen molar-refractivity contribution >= 4 is 5.82 Å². The summed E-state index contributed by atoms with van der Waals surface area (Å²) in [6.45, 7) is 7.45. The number of hydrogen-bond acceptors (Lipinski definition) is 4. The molecule has 1 aromatic rings. The number of fused-ring (bicyclic) bond motifs is 1. The van der Waals surface area contributed by atoms with Crippen LogP contribution in [0.15, 0.2) is 6.33 Å². The van der Waals surface area contributed by atoms with Crippen LogP contribution in [0, 0.1) is 5.41 Å². The van der Waals surface area contributed by atoms with Gasteiger partial charge in [-0.15, -0.1) is 0 Å². The molecule has 0 saturated carbocycles. The van der Waals surface area contributed by atoms with E-state index in [1.54, 1.807) is 6.33 Å². The van der Waals surface area contributed by atoms with E-state index in [9.17, 15) is 0 Å². The zero-order valence-corrected chi connectivity index (χ0v) is 13.1. The molecule has 0 aromatic carbocycles. The lowest BCUT2D eigenvalue weighted by Gasteiger charge is -2.32. The molecule has 0 amide bonds. The molecule has 1 atom stereocenters. The number of anilines is 1. The average molecular weight is 276 g/mol. The quantitative estimate of drug-likeness (QED) is 0.830. The van der Waals surface area contributed by atoms with E-state index in [1.807, 2.05) is 0 Å². The molecule has 0 spiro atoms. The van der Waals surface area contributed by atoms with Crippen LogP contribution in [0.4, 0.5) is 5.82 Å². The molecule has 1 aromatic heterocycles. The third kappa shape index (κ3) is 3.69. The maximum Gasteiger partial charge on any atom is 0.133 e. The molecular formula is C16H28N4. The Bertz CT molecular complexity index is 437. The lowest BCUT2D eigenvalue weighted by molar-refractivity contribution is 0.328. The highest BCUT2D eigenvalue weighted by Crippen LogP contribution is 2.29. The van der Waals surface area contributed by atoms with Gasteiger partial charge in [0.25, 0.3) is 0 Å². The highest BCUT2D eigenvalue weighted by molar-refractivity contribution is 5.47. The Hall–Kier alpha value is -1.16. The van der Waals surface area contributed by atoms with Gasteiger partial charge in [-0.1, -0.05) is 27.2 Å². The van der Waals surface area contributed by atoms with Crippen LogP contribution in [0.3, 0.4) is 0 Å². The summed E-state index contributed by atoms with van der Waals surface area (Å²) in [5.41, 5.74) is 8.50. The smallest absolute Gasteiger partial charge is 0.133 e. The van der Waals surface area contributed by atoms with Gasteiger partial charge in [0.1, 0.15) is 12.1 Å². The van der Waals surface area contributed by atoms with E-state index < -0.39 is 0 Å². The second kappa shape index (κ2) is 6.53. The first kappa shape index (κ1) is 15.2. The van der Waals surface area contributed by atoms with Gasteiger partial charge in [0, 0.05) is 17.3 Å². The van der Waals surface area contributed by atoms with Crippen LogP contribution < -0.4 is 11.1 Å². The summed E-state index contributed by atoms with van der Waals surface area (Å²) < 4.78 is 0. The largest absolute Gasteiger partial charge is 0.366 e. The maximum absolute atomic E-state index is 5.77. The number of rotatable bonds is 4. The minimum atomic E-state index is 0.169. The van der Waals surface area contributed by atoms with Gasteiger partial charge in [0.15, 0.2) is 0 Å². The number of nitrogens with one attached hydrogen (secondary N) is 1. The number of nitrogens with two attached hydrogens (primary N) is 1. The van der Waals surface area contributed by atoms with Crippen molar-refractivity contribution in [2.24, 2.45) is 11.1 Å². The standard InChI is InChI=1S/C16H28N4/c1-16(2,3)14(9-10-17)20-15-12-7-5-4-6-8-13(12)18-11-19-15/h11,14H,4-10,17H2,1-3H3,(H,18,19,20). The zero-order chi connectivity index (χ0) is 14.6. The van der Waals surface area contributed by atoms with Crippen molar-refractivity contribution in [2.75, 3.05) is 11.9 Å². The Morgan fingerprint density at radius 1 is 1.20 bits per heavy atom. The number of aromatic nitrogens is 2. The minimum absolute atomic E-state index is 0.169. The van der Waals surface area contributed by atoms with Gasteiger partial charge >= 0.3 is 0 Å². The van der Waals surface area contributed by atoms with E-state index in [0.717, 1.165) is 25.1 Å². The fourth-order valence-corrected chi connectivity index (χ4v) is 2.88. The summed E-state index contributed by atoms with van der Waals surface area (Å²) in [5, 5.41) is 3.64. The summed E-state index contributed by atoms with van der Waals surface area (Å²) in [7, 11) is 0. The van der Waals surface area contributed by atoms with E-state index in [0.29, 0.717) is 12.6 Å². The fourth-order valence-electron chi connectivity index (χ4n) is 2.88. The fraction of sp³-hybridized carbons (Fsp3) is 0.750. The third-order valence-electron chi connectivity index (χ3n) is 4.19. The van der Waals surface area contributed by atoms with Gasteiger partial charge in [-0.05, 0) is 44.1 Å². The monoisotopic (exact) mass is 276 g/mol. The Morgan fingerprint density at radius 3 is 2.65 bits per heavy atom. The van der Waals surface area contributed by atoms with E-state index in [2.05, 4.69) is 36.1 Å². The van der Waals surface area contributed by atoms with Gasteiger partial charge < -0.3 is 11.1 Å². The van der Waals surface area contributed by atoms with Crippen LogP contribution >= 0.6 is 0 Å². The van der Waals surface area contributed by atoms with Crippen molar-refractivity contribution in [3.05, 3.63) is 17.6 Å². The summed E-state index contributed by atoms with van der Waals surface area (Å²) >= 11 is 0. The predicted molar refractivity (Wildman–Crippen MR) is 83.8 cm³/mol. The maximum atomic E-state index is 5.77. The third-order valence-corrected chi connectivity index (χ3v) is 4.19. The molecule has 4 nitrogen and oxygen atoms in total. The minimum Gasteiger partial charge on any atom is -0.366 e. The van der Waals surface area contributed by atoms with Crippen LogP contribution in [-0.2, 0) is 12.8 Å². The van der Waals surface area contributed by atoms with Crippen molar-refractivity contribution < 1.29 is 0 Å². The van der Waals surface area contributed by atoms with Crippen molar-refractivity contribution in [2.45, 2.75) is 65.3 Å². The lowest BCUT2D eigenvalue weighted by Crippen LogP contribution is -2.36. The second-order valence-corrected chi connectivity index (χ2v) is 6.85. The lowest BCUT2D eigenvalue weighted by atomic mass is 9.84. The van der Waals surface area contributed by atoms with Gasteiger partial charge in [-0.2, -0.15) is 0 Å². The van der Waals surface area contributed by atoms with Crippen LogP contribution in [0.5, 0.6) is 0 Å². The predicted octanol–water partition coefficient (Wildman–Crippen LogP) is 2.92. The Labute approximate surface area is 122 Å². The van der Waals surface area contributed by atoms with Crippen LogP contribution in [-0.4, -0.2) is 22.6 Å². The molecule has 0 aliphatic heterocycles. The van der Waals surface area contributed by atoms with Gasteiger partial charge in [-0.3, -0.25) is 0 Å². The summed E-state index contributed by atoms with van der Waals surface area (Å²) in [5.74, 6) is 1.03. The van der Waals surface area contributed by atoms with Gasteiger partial charge in [0.2, 0.25) is 0 Å². The number of hydrogen-bond donors (Lipinski definition) is 2. The molecule has 1 aliphatic rings.